The minimum atomic E-state index is -0.602. The molecule has 1 aliphatic rings. The third-order valence-corrected chi connectivity index (χ3v) is 4.86. The lowest BCUT2D eigenvalue weighted by Gasteiger charge is -2.09. The van der Waals surface area contributed by atoms with Crippen molar-refractivity contribution in [2.24, 2.45) is 5.10 Å². The molecule has 0 bridgehead atoms. The highest BCUT2D eigenvalue weighted by atomic mass is 16.7. The number of nitrogens with two attached hydrogens (primary N) is 1. The summed E-state index contributed by atoms with van der Waals surface area (Å²) in [6, 6.07) is 12.4. The van der Waals surface area contributed by atoms with E-state index >= 15 is 0 Å². The Bertz CT molecular complexity index is 1390. The van der Waals surface area contributed by atoms with Gasteiger partial charge in [0.2, 0.25) is 18.4 Å². The van der Waals surface area contributed by atoms with E-state index in [1.54, 1.807) is 18.2 Å². The Morgan fingerprint density at radius 3 is 2.71 bits per heavy atom. The predicted molar refractivity (Wildman–Crippen MR) is 122 cm³/mol. The number of hydrogen-bond donors (Lipinski definition) is 2. The molecule has 4 aromatic rings. The van der Waals surface area contributed by atoms with Crippen LogP contribution in [0.15, 0.2) is 52.2 Å². The molecular formula is C22H20N8O5. The summed E-state index contributed by atoms with van der Waals surface area (Å²) in [7, 11) is 0. The number of nitrogens with one attached hydrogen (secondary N) is 1. The van der Waals surface area contributed by atoms with Crippen molar-refractivity contribution in [3.05, 3.63) is 53.7 Å². The van der Waals surface area contributed by atoms with Gasteiger partial charge in [0.1, 0.15) is 11.4 Å². The van der Waals surface area contributed by atoms with Crippen LogP contribution >= 0.6 is 0 Å². The smallest absolute Gasteiger partial charge is 0.294 e. The number of fused-ring (bicyclic) bond motifs is 1. The SMILES string of the molecule is CC(C)Oc1ccc(/C=N\NC(=O)c2nnn(-c3nonc3N)c2-c2ccc3c(c2)OCO3)cc1. The van der Waals surface area contributed by atoms with Gasteiger partial charge in [-0.25, -0.2) is 10.1 Å². The Morgan fingerprint density at radius 1 is 1.17 bits per heavy atom. The second kappa shape index (κ2) is 9.13. The van der Waals surface area contributed by atoms with E-state index in [0.29, 0.717) is 17.1 Å². The molecule has 0 saturated carbocycles. The van der Waals surface area contributed by atoms with Gasteiger partial charge in [0, 0.05) is 5.56 Å². The summed E-state index contributed by atoms with van der Waals surface area (Å²) in [6.45, 7) is 4.00. The summed E-state index contributed by atoms with van der Waals surface area (Å²) in [4.78, 5) is 13.0. The number of hydrogen-bond acceptors (Lipinski definition) is 11. The van der Waals surface area contributed by atoms with Crippen LogP contribution in [-0.2, 0) is 0 Å². The van der Waals surface area contributed by atoms with Crippen molar-refractivity contribution in [3.63, 3.8) is 0 Å². The van der Waals surface area contributed by atoms with Crippen LogP contribution in [0.4, 0.5) is 5.82 Å². The van der Waals surface area contributed by atoms with Crippen molar-refractivity contribution in [3.8, 4) is 34.3 Å². The van der Waals surface area contributed by atoms with Crippen LogP contribution in [0.25, 0.3) is 17.1 Å². The average molecular weight is 476 g/mol. The standard InChI is InChI=1S/C22H20N8O5/c1-12(2)34-15-6-3-13(4-7-15)10-24-26-22(31)18-19(14-5-8-16-17(9-14)33-11-32-16)30(29-25-18)21-20(23)27-35-28-21/h3-10,12H,11H2,1-2H3,(H2,23,27)(H,26,31)/b24-10-. The molecule has 35 heavy (non-hydrogen) atoms. The molecule has 0 spiro atoms. The number of aromatic nitrogens is 5. The van der Waals surface area contributed by atoms with Crippen molar-refractivity contribution in [2.75, 3.05) is 12.5 Å². The van der Waals surface area contributed by atoms with Gasteiger partial charge in [-0.1, -0.05) is 5.21 Å². The number of benzene rings is 2. The van der Waals surface area contributed by atoms with Crippen molar-refractivity contribution in [1.82, 2.24) is 30.7 Å². The lowest BCUT2D eigenvalue weighted by molar-refractivity contribution is 0.0950. The summed E-state index contributed by atoms with van der Waals surface area (Å²) in [5.74, 6) is 1.29. The number of hydrazone groups is 1. The molecule has 0 unspecified atom stereocenters. The number of nitrogens with zero attached hydrogens (tertiary/aromatic N) is 6. The molecular weight excluding hydrogens is 456 g/mol. The summed E-state index contributed by atoms with van der Waals surface area (Å²) in [5.41, 5.74) is 9.89. The topological polar surface area (TPSA) is 165 Å². The first-order chi connectivity index (χ1) is 17.0. The van der Waals surface area contributed by atoms with Gasteiger partial charge >= 0.3 is 0 Å². The second-order valence-electron chi connectivity index (χ2n) is 7.67. The second-order valence-corrected chi connectivity index (χ2v) is 7.67. The lowest BCUT2D eigenvalue weighted by Crippen LogP contribution is -2.19. The Hall–Kier alpha value is -4.94. The molecule has 0 fully saturated rings. The normalized spacial score (nSPS) is 12.4. The molecule has 13 nitrogen and oxygen atoms in total. The number of rotatable bonds is 7. The third kappa shape index (κ3) is 4.46. The van der Waals surface area contributed by atoms with Crippen LogP contribution in [0, 0.1) is 0 Å². The van der Waals surface area contributed by atoms with E-state index in [9.17, 15) is 4.79 Å². The third-order valence-electron chi connectivity index (χ3n) is 4.86. The van der Waals surface area contributed by atoms with Crippen molar-refractivity contribution >= 4 is 17.9 Å². The molecule has 0 atom stereocenters. The van der Waals surface area contributed by atoms with Crippen LogP contribution in [0.1, 0.15) is 29.9 Å². The predicted octanol–water partition coefficient (Wildman–Crippen LogP) is 2.18. The van der Waals surface area contributed by atoms with Gasteiger partial charge in [0.15, 0.2) is 17.2 Å². The molecule has 1 amide bonds. The van der Waals surface area contributed by atoms with E-state index in [1.165, 1.54) is 10.9 Å². The van der Waals surface area contributed by atoms with Gasteiger partial charge in [-0.05, 0) is 72.2 Å². The average Bonchev–Trinajstić information content (AvgIpc) is 3.58. The zero-order chi connectivity index (χ0) is 24.4. The molecule has 13 heteroatoms. The van der Waals surface area contributed by atoms with Crippen LogP contribution in [0.2, 0.25) is 0 Å². The largest absolute Gasteiger partial charge is 0.491 e. The summed E-state index contributed by atoms with van der Waals surface area (Å²) in [5, 5.41) is 19.4. The molecule has 3 N–H and O–H groups in total. The molecule has 178 valence electrons. The van der Waals surface area contributed by atoms with Crippen molar-refractivity contribution in [1.29, 1.82) is 0 Å². The Kier molecular flexibility index (Phi) is 5.71. The minimum Gasteiger partial charge on any atom is -0.491 e. The first kappa shape index (κ1) is 21.9. The fraction of sp³-hybridized carbons (Fsp3) is 0.182. The summed E-state index contributed by atoms with van der Waals surface area (Å²) in [6.07, 6.45) is 1.57. The van der Waals surface area contributed by atoms with E-state index in [4.69, 9.17) is 19.9 Å². The quantitative estimate of drug-likeness (QED) is 0.298. The number of carbonyl (C=O) groups is 1. The van der Waals surface area contributed by atoms with Gasteiger partial charge in [0.25, 0.3) is 5.91 Å². The van der Waals surface area contributed by atoms with Crippen molar-refractivity contribution in [2.45, 2.75) is 20.0 Å². The number of amides is 1. The summed E-state index contributed by atoms with van der Waals surface area (Å²) >= 11 is 0. The highest BCUT2D eigenvalue weighted by molar-refractivity contribution is 5.99. The Morgan fingerprint density at radius 2 is 1.97 bits per heavy atom. The first-order valence-corrected chi connectivity index (χ1v) is 10.5. The number of anilines is 1. The van der Waals surface area contributed by atoms with E-state index in [0.717, 1.165) is 11.3 Å². The van der Waals surface area contributed by atoms with Gasteiger partial charge in [-0.15, -0.1) is 5.10 Å². The van der Waals surface area contributed by atoms with Gasteiger partial charge in [-0.3, -0.25) is 4.79 Å². The highest BCUT2D eigenvalue weighted by Crippen LogP contribution is 2.37. The maximum Gasteiger partial charge on any atom is 0.294 e. The van der Waals surface area contributed by atoms with E-state index in [-0.39, 0.29) is 35.9 Å². The van der Waals surface area contributed by atoms with E-state index in [1.807, 2.05) is 38.1 Å². The molecule has 0 aliphatic carbocycles. The summed E-state index contributed by atoms with van der Waals surface area (Å²) < 4.78 is 22.4. The zero-order valence-corrected chi connectivity index (χ0v) is 18.7. The van der Waals surface area contributed by atoms with Crippen molar-refractivity contribution < 1.29 is 23.6 Å². The maximum absolute atomic E-state index is 13.0. The number of carbonyl (C=O) groups excluding carboxylic acids is 1. The lowest BCUT2D eigenvalue weighted by atomic mass is 10.1. The fourth-order valence-corrected chi connectivity index (χ4v) is 3.35. The first-order valence-electron chi connectivity index (χ1n) is 10.5. The highest BCUT2D eigenvalue weighted by Gasteiger charge is 2.26. The van der Waals surface area contributed by atoms with Crippen LogP contribution in [0.3, 0.4) is 0 Å². The van der Waals surface area contributed by atoms with Crippen LogP contribution in [0.5, 0.6) is 17.2 Å². The van der Waals surface area contributed by atoms with Crippen LogP contribution < -0.4 is 25.4 Å². The zero-order valence-electron chi connectivity index (χ0n) is 18.7. The molecule has 0 radical (unpaired) electrons. The fourth-order valence-electron chi connectivity index (χ4n) is 3.35. The number of ether oxygens (including phenoxy) is 3. The van der Waals surface area contributed by atoms with Gasteiger partial charge in [-0.2, -0.15) is 9.78 Å². The molecule has 5 rings (SSSR count). The van der Waals surface area contributed by atoms with Gasteiger partial charge < -0.3 is 19.9 Å². The monoisotopic (exact) mass is 476 g/mol. The van der Waals surface area contributed by atoms with Gasteiger partial charge in [0.05, 0.1) is 12.3 Å². The number of nitrogen functional groups attached to an aromatic ring is 1. The molecule has 2 aromatic heterocycles. The molecule has 2 aromatic carbocycles. The minimum absolute atomic E-state index is 0.0215. The Labute approximate surface area is 198 Å². The molecule has 0 saturated heterocycles. The molecule has 3 heterocycles. The van der Waals surface area contributed by atoms with E-state index in [2.05, 4.69) is 35.8 Å². The maximum atomic E-state index is 13.0. The molecule has 1 aliphatic heterocycles. The van der Waals surface area contributed by atoms with Crippen LogP contribution in [-0.4, -0.2) is 50.3 Å². The van der Waals surface area contributed by atoms with E-state index < -0.39 is 5.91 Å². The Balaban J connectivity index is 1.42.